The van der Waals surface area contributed by atoms with Gasteiger partial charge in [-0.2, -0.15) is 0 Å². The summed E-state index contributed by atoms with van der Waals surface area (Å²) in [6.45, 7) is 2.74. The van der Waals surface area contributed by atoms with Crippen LogP contribution in [-0.4, -0.2) is 35.4 Å². The lowest BCUT2D eigenvalue weighted by Gasteiger charge is -2.20. The fourth-order valence-corrected chi connectivity index (χ4v) is 2.31. The molecule has 1 heterocycles. The summed E-state index contributed by atoms with van der Waals surface area (Å²) in [5.74, 6) is -0.386. The van der Waals surface area contributed by atoms with Gasteiger partial charge in [-0.25, -0.2) is 9.78 Å². The number of benzene rings is 1. The summed E-state index contributed by atoms with van der Waals surface area (Å²) < 4.78 is 10.7. The van der Waals surface area contributed by atoms with Gasteiger partial charge in [0.2, 0.25) is 5.89 Å². The van der Waals surface area contributed by atoms with Crippen LogP contribution in [0.5, 0.6) is 0 Å². The average molecular weight is 381 g/mol. The Bertz CT molecular complexity index is 682. The predicted molar refractivity (Wildman–Crippen MR) is 87.0 cm³/mol. The molecule has 0 radical (unpaired) electrons. The van der Waals surface area contributed by atoms with Gasteiger partial charge in [0, 0.05) is 16.6 Å². The molecule has 7 heteroatoms. The van der Waals surface area contributed by atoms with Crippen LogP contribution in [0.4, 0.5) is 0 Å². The molecular formula is C16H17BrN2O4. The van der Waals surface area contributed by atoms with E-state index < -0.39 is 5.97 Å². The highest BCUT2D eigenvalue weighted by Crippen LogP contribution is 2.15. The number of ether oxygens (including phenoxy) is 1. The number of halogens is 1. The van der Waals surface area contributed by atoms with Crippen LogP contribution in [-0.2, 0) is 11.3 Å². The maximum atomic E-state index is 12.6. The van der Waals surface area contributed by atoms with Crippen LogP contribution in [0.1, 0.15) is 40.1 Å². The highest BCUT2D eigenvalue weighted by Gasteiger charge is 2.19. The van der Waals surface area contributed by atoms with Gasteiger partial charge in [-0.3, -0.25) is 4.79 Å². The first-order chi connectivity index (χ1) is 11.0. The molecule has 0 aliphatic heterocycles. The highest BCUT2D eigenvalue weighted by atomic mass is 79.9. The fourth-order valence-electron chi connectivity index (χ4n) is 2.04. The zero-order valence-corrected chi connectivity index (χ0v) is 14.5. The average Bonchev–Trinajstić information content (AvgIpc) is 3.02. The quantitative estimate of drug-likeness (QED) is 0.719. The van der Waals surface area contributed by atoms with Crippen molar-refractivity contribution in [3.63, 3.8) is 0 Å². The number of hydrogen-bond acceptors (Lipinski definition) is 5. The smallest absolute Gasteiger partial charge is 0.360 e. The van der Waals surface area contributed by atoms with Crippen molar-refractivity contribution in [3.05, 3.63) is 52.1 Å². The van der Waals surface area contributed by atoms with Gasteiger partial charge >= 0.3 is 5.97 Å². The van der Waals surface area contributed by atoms with Gasteiger partial charge in [0.25, 0.3) is 5.91 Å². The van der Waals surface area contributed by atoms with Crippen molar-refractivity contribution in [3.8, 4) is 0 Å². The van der Waals surface area contributed by atoms with Crippen molar-refractivity contribution in [1.29, 1.82) is 0 Å². The summed E-state index contributed by atoms with van der Waals surface area (Å²) in [5.41, 5.74) is 0.677. The van der Waals surface area contributed by atoms with Gasteiger partial charge < -0.3 is 14.1 Å². The number of methoxy groups -OCH3 is 1. The zero-order valence-electron chi connectivity index (χ0n) is 12.9. The van der Waals surface area contributed by atoms with E-state index in [0.29, 0.717) is 18.0 Å². The summed E-state index contributed by atoms with van der Waals surface area (Å²) >= 11 is 3.35. The van der Waals surface area contributed by atoms with E-state index in [1.807, 2.05) is 19.1 Å². The van der Waals surface area contributed by atoms with Gasteiger partial charge in [-0.1, -0.05) is 22.9 Å². The lowest BCUT2D eigenvalue weighted by atomic mass is 10.2. The van der Waals surface area contributed by atoms with E-state index in [9.17, 15) is 9.59 Å². The molecule has 1 aromatic heterocycles. The fraction of sp³-hybridized carbons (Fsp3) is 0.312. The van der Waals surface area contributed by atoms with E-state index in [1.54, 1.807) is 17.0 Å². The molecule has 2 rings (SSSR count). The number of esters is 1. The molecule has 23 heavy (non-hydrogen) atoms. The Labute approximate surface area is 142 Å². The van der Waals surface area contributed by atoms with Crippen molar-refractivity contribution in [1.82, 2.24) is 9.88 Å². The number of aromatic nitrogens is 1. The monoisotopic (exact) mass is 380 g/mol. The first-order valence-electron chi connectivity index (χ1n) is 7.12. The second-order valence-corrected chi connectivity index (χ2v) is 5.77. The van der Waals surface area contributed by atoms with Gasteiger partial charge in [0.05, 0.1) is 13.7 Å². The standard InChI is InChI=1S/C16H17BrN2O4/c1-3-8-19(15(20)11-4-6-12(17)7-5-11)9-14-18-13(10-23-14)16(21)22-2/h4-7,10H,3,8-9H2,1-2H3. The Kier molecular flexibility index (Phi) is 5.92. The van der Waals surface area contributed by atoms with Crippen LogP contribution in [0.2, 0.25) is 0 Å². The topological polar surface area (TPSA) is 72.6 Å². The molecule has 0 fully saturated rings. The number of amides is 1. The minimum absolute atomic E-state index is 0.0926. The van der Waals surface area contributed by atoms with E-state index in [2.05, 4.69) is 25.7 Å². The molecule has 0 bridgehead atoms. The Morgan fingerprint density at radius 2 is 2.00 bits per heavy atom. The Hall–Kier alpha value is -2.15. The number of nitrogens with zero attached hydrogens (tertiary/aromatic N) is 2. The van der Waals surface area contributed by atoms with Crippen LogP contribution < -0.4 is 0 Å². The Balaban J connectivity index is 2.14. The SMILES string of the molecule is CCCN(Cc1nc(C(=O)OC)co1)C(=O)c1ccc(Br)cc1. The molecule has 0 atom stereocenters. The number of rotatable bonds is 6. The van der Waals surface area contributed by atoms with Crippen LogP contribution in [0.15, 0.2) is 39.4 Å². The lowest BCUT2D eigenvalue weighted by Crippen LogP contribution is -2.31. The van der Waals surface area contributed by atoms with Crippen molar-refractivity contribution in [2.75, 3.05) is 13.7 Å². The van der Waals surface area contributed by atoms with Crippen LogP contribution in [0.25, 0.3) is 0 Å². The molecule has 0 saturated heterocycles. The molecule has 6 nitrogen and oxygen atoms in total. The molecule has 0 aliphatic carbocycles. The molecule has 122 valence electrons. The number of carbonyl (C=O) groups excluding carboxylic acids is 2. The molecule has 0 unspecified atom stereocenters. The first-order valence-corrected chi connectivity index (χ1v) is 7.92. The van der Waals surface area contributed by atoms with Crippen LogP contribution >= 0.6 is 15.9 Å². The molecule has 1 amide bonds. The summed E-state index contributed by atoms with van der Waals surface area (Å²) in [7, 11) is 1.27. The van der Waals surface area contributed by atoms with Crippen molar-refractivity contribution < 1.29 is 18.7 Å². The van der Waals surface area contributed by atoms with Crippen molar-refractivity contribution in [2.24, 2.45) is 0 Å². The van der Waals surface area contributed by atoms with Gasteiger partial charge in [0.15, 0.2) is 5.69 Å². The third kappa shape index (κ3) is 4.41. The van der Waals surface area contributed by atoms with E-state index in [1.165, 1.54) is 13.4 Å². The Morgan fingerprint density at radius 1 is 1.30 bits per heavy atom. The predicted octanol–water partition coefficient (Wildman–Crippen LogP) is 3.28. The van der Waals surface area contributed by atoms with E-state index in [0.717, 1.165) is 10.9 Å². The van der Waals surface area contributed by atoms with Gasteiger partial charge in [-0.15, -0.1) is 0 Å². The summed E-state index contributed by atoms with van der Waals surface area (Å²) in [4.78, 5) is 29.7. The maximum absolute atomic E-state index is 12.6. The largest absolute Gasteiger partial charge is 0.464 e. The second-order valence-electron chi connectivity index (χ2n) is 4.85. The Morgan fingerprint density at radius 3 is 2.61 bits per heavy atom. The van der Waals surface area contributed by atoms with Gasteiger partial charge in [-0.05, 0) is 30.7 Å². The van der Waals surface area contributed by atoms with Crippen LogP contribution in [0, 0.1) is 0 Å². The zero-order chi connectivity index (χ0) is 16.8. The minimum atomic E-state index is -0.568. The minimum Gasteiger partial charge on any atom is -0.464 e. The number of carbonyl (C=O) groups is 2. The molecule has 0 N–H and O–H groups in total. The third-order valence-electron chi connectivity index (χ3n) is 3.14. The van der Waals surface area contributed by atoms with Gasteiger partial charge in [0.1, 0.15) is 6.26 Å². The molecule has 0 saturated carbocycles. The summed E-state index contributed by atoms with van der Waals surface area (Å²) in [5, 5.41) is 0. The molecule has 0 aliphatic rings. The molecular weight excluding hydrogens is 364 g/mol. The number of hydrogen-bond donors (Lipinski definition) is 0. The third-order valence-corrected chi connectivity index (χ3v) is 3.67. The van der Waals surface area contributed by atoms with E-state index >= 15 is 0 Å². The molecule has 0 spiro atoms. The molecule has 1 aromatic carbocycles. The summed E-state index contributed by atoms with van der Waals surface area (Å²) in [6.07, 6.45) is 2.03. The summed E-state index contributed by atoms with van der Waals surface area (Å²) in [6, 6.07) is 7.14. The number of oxazole rings is 1. The van der Waals surface area contributed by atoms with E-state index in [4.69, 9.17) is 4.42 Å². The maximum Gasteiger partial charge on any atom is 0.360 e. The van der Waals surface area contributed by atoms with Crippen LogP contribution in [0.3, 0.4) is 0 Å². The van der Waals surface area contributed by atoms with E-state index in [-0.39, 0.29) is 18.1 Å². The highest BCUT2D eigenvalue weighted by molar-refractivity contribution is 9.10. The lowest BCUT2D eigenvalue weighted by molar-refractivity contribution is 0.0594. The normalized spacial score (nSPS) is 10.4. The van der Waals surface area contributed by atoms with Crippen molar-refractivity contribution >= 4 is 27.8 Å². The molecule has 2 aromatic rings. The first kappa shape index (κ1) is 17.2. The van der Waals surface area contributed by atoms with Crippen molar-refractivity contribution in [2.45, 2.75) is 19.9 Å². The second kappa shape index (κ2) is 7.92.